The van der Waals surface area contributed by atoms with Gasteiger partial charge in [0, 0.05) is 58.6 Å². The van der Waals surface area contributed by atoms with Crippen molar-refractivity contribution in [2.24, 2.45) is 0 Å². The van der Waals surface area contributed by atoms with E-state index >= 15 is 0 Å². The molecule has 0 saturated carbocycles. The molecule has 0 bridgehead atoms. The molecule has 2 atom stereocenters. The van der Waals surface area contributed by atoms with Gasteiger partial charge in [-0.25, -0.2) is 0 Å². The molecule has 0 amide bonds. The quantitative estimate of drug-likeness (QED) is 0.0270. The minimum Gasteiger partial charge on any atom is -0.468 e. The highest BCUT2D eigenvalue weighted by atomic mass is 16.5. The third-order valence-corrected chi connectivity index (χ3v) is 13.2. The van der Waals surface area contributed by atoms with Crippen molar-refractivity contribution < 1.29 is 42.9 Å². The molecule has 1 fully saturated rings. The Labute approximate surface area is 430 Å². The van der Waals surface area contributed by atoms with Crippen LogP contribution in [0.5, 0.6) is 0 Å². The molecular formula is C60H109NO9. The van der Waals surface area contributed by atoms with Crippen molar-refractivity contribution >= 4 is 24.7 Å². The second-order valence-electron chi connectivity index (χ2n) is 19.9. The number of methoxy groups -OCH3 is 1. The lowest BCUT2D eigenvalue weighted by Crippen LogP contribution is -2.29. The lowest BCUT2D eigenvalue weighted by molar-refractivity contribution is -0.150. The fraction of sp³-hybridized carbons (Fsp3) is 0.833. The first kappa shape index (κ1) is 67.2. The number of hydrogen-bond acceptors (Lipinski definition) is 10. The predicted molar refractivity (Wildman–Crippen MR) is 290 cm³/mol. The zero-order valence-corrected chi connectivity index (χ0v) is 46.1. The van der Waals surface area contributed by atoms with Crippen LogP contribution >= 0.6 is 0 Å². The fourth-order valence-corrected chi connectivity index (χ4v) is 8.89. The van der Waals surface area contributed by atoms with Crippen LogP contribution in [0.1, 0.15) is 264 Å². The van der Waals surface area contributed by atoms with Gasteiger partial charge in [0.1, 0.15) is 18.5 Å². The van der Waals surface area contributed by atoms with Gasteiger partial charge in [0.2, 0.25) is 0 Å². The summed E-state index contributed by atoms with van der Waals surface area (Å²) < 4.78 is 26.8. The zero-order chi connectivity index (χ0) is 51.2. The number of ether oxygens (including phenoxy) is 5. The van der Waals surface area contributed by atoms with E-state index in [0.717, 1.165) is 102 Å². The number of rotatable bonds is 47. The molecule has 70 heavy (non-hydrogen) atoms. The van der Waals surface area contributed by atoms with Crippen molar-refractivity contribution in [2.75, 3.05) is 40.0 Å². The molecule has 0 aromatic heterocycles. The Morgan fingerprint density at radius 3 is 1.67 bits per heavy atom. The Kier molecular flexibility index (Phi) is 51.8. The maximum Gasteiger partial charge on any atom is 0.306 e. The van der Waals surface area contributed by atoms with Crippen LogP contribution in [0.15, 0.2) is 30.3 Å². The average Bonchev–Trinajstić information content (AvgIpc) is 3.71. The maximum absolute atomic E-state index is 12.3. The van der Waals surface area contributed by atoms with Gasteiger partial charge in [-0.2, -0.15) is 0 Å². The van der Waals surface area contributed by atoms with Gasteiger partial charge < -0.3 is 28.5 Å². The van der Waals surface area contributed by atoms with Crippen LogP contribution in [0.4, 0.5) is 0 Å². The first-order valence-corrected chi connectivity index (χ1v) is 29.1. The SMILES string of the molecule is CC1CC(OC(=O)CCCOCc2ccccc2)CN1CCCCCC=O.CCCCCCCCC(CCCCCCCC)OC(=O)CCCCCCCOC=O.CCCCCCCCCCCOC. The molecule has 0 spiro atoms. The number of unbranched alkanes of at least 4 members (excludes halogenated alkanes) is 25. The second-order valence-corrected chi connectivity index (χ2v) is 19.9. The number of esters is 2. The molecule has 1 saturated heterocycles. The Morgan fingerprint density at radius 1 is 0.600 bits per heavy atom. The van der Waals surface area contributed by atoms with E-state index in [-0.39, 0.29) is 24.1 Å². The molecule has 408 valence electrons. The van der Waals surface area contributed by atoms with Gasteiger partial charge >= 0.3 is 11.9 Å². The van der Waals surface area contributed by atoms with E-state index in [9.17, 15) is 19.2 Å². The van der Waals surface area contributed by atoms with Crippen molar-refractivity contribution in [3.63, 3.8) is 0 Å². The summed E-state index contributed by atoms with van der Waals surface area (Å²) in [6.07, 6.45) is 42.4. The Hall–Kier alpha value is -2.82. The summed E-state index contributed by atoms with van der Waals surface area (Å²) >= 11 is 0. The molecular weight excluding hydrogens is 879 g/mol. The van der Waals surface area contributed by atoms with E-state index in [4.69, 9.17) is 18.9 Å². The summed E-state index contributed by atoms with van der Waals surface area (Å²) in [5.74, 6) is -0.135. The molecule has 1 aromatic rings. The highest BCUT2D eigenvalue weighted by Gasteiger charge is 2.31. The van der Waals surface area contributed by atoms with Crippen molar-refractivity contribution in [1.29, 1.82) is 0 Å². The number of carbonyl (C=O) groups is 4. The normalized spacial score (nSPS) is 14.4. The molecule has 1 heterocycles. The van der Waals surface area contributed by atoms with Gasteiger partial charge in [-0.3, -0.25) is 19.3 Å². The lowest BCUT2D eigenvalue weighted by atomic mass is 10.0. The molecule has 1 aliphatic rings. The standard InChI is InChI=1S/C26H50O4.C22H33NO4.C12H26O/c1-3-5-7-9-12-16-20-25(21-17-13-10-8-6-4-2)30-26(28)22-18-14-11-15-19-23-29-24-27;1-19-16-21(17-23(19)13-7-2-3-8-14-24)27-22(25)12-9-15-26-18-20-10-5-4-6-11-20;1-3-4-5-6-7-8-9-10-11-12-13-2/h24-25H,3-23H2,1-2H3;4-6,10-11,14,19,21H,2-3,7-9,12-13,15-18H2,1H3;3-12H2,1-2H3. The molecule has 0 N–H and O–H groups in total. The summed E-state index contributed by atoms with van der Waals surface area (Å²) in [5, 5.41) is 0. The molecule has 10 nitrogen and oxygen atoms in total. The Bertz CT molecular complexity index is 1240. The third kappa shape index (κ3) is 46.3. The topological polar surface area (TPSA) is 118 Å². The lowest BCUT2D eigenvalue weighted by Gasteiger charge is -2.20. The number of hydrogen-bond donors (Lipinski definition) is 0. The number of nitrogens with zero attached hydrogens (tertiary/aromatic N) is 1. The van der Waals surface area contributed by atoms with Crippen LogP contribution in [0.3, 0.4) is 0 Å². The summed E-state index contributed by atoms with van der Waals surface area (Å²) in [5.41, 5.74) is 1.14. The molecule has 0 radical (unpaired) electrons. The minimum absolute atomic E-state index is 0.00714. The number of likely N-dealkylation sites (tertiary alicyclic amines) is 1. The fourth-order valence-electron chi connectivity index (χ4n) is 8.89. The summed E-state index contributed by atoms with van der Waals surface area (Å²) in [7, 11) is 1.78. The van der Waals surface area contributed by atoms with E-state index in [1.807, 2.05) is 30.3 Å². The average molecular weight is 989 g/mol. The Balaban J connectivity index is 0.00000109. The molecule has 0 aliphatic carbocycles. The van der Waals surface area contributed by atoms with Gasteiger partial charge in [-0.15, -0.1) is 0 Å². The molecule has 2 unspecified atom stereocenters. The summed E-state index contributed by atoms with van der Waals surface area (Å²) in [6, 6.07) is 10.5. The van der Waals surface area contributed by atoms with Crippen LogP contribution in [0.25, 0.3) is 0 Å². The molecule has 1 aromatic carbocycles. The zero-order valence-electron chi connectivity index (χ0n) is 46.1. The van der Waals surface area contributed by atoms with E-state index in [2.05, 4.69) is 37.3 Å². The van der Waals surface area contributed by atoms with Crippen LogP contribution in [-0.2, 0) is 49.5 Å². The summed E-state index contributed by atoms with van der Waals surface area (Å²) in [4.78, 5) is 47.1. The van der Waals surface area contributed by atoms with Gasteiger partial charge in [0.15, 0.2) is 0 Å². The highest BCUT2D eigenvalue weighted by Crippen LogP contribution is 2.22. The molecule has 2 rings (SSSR count). The number of aldehydes is 1. The van der Waals surface area contributed by atoms with Gasteiger partial charge in [-0.1, -0.05) is 192 Å². The van der Waals surface area contributed by atoms with Crippen molar-refractivity contribution in [3.05, 3.63) is 35.9 Å². The van der Waals surface area contributed by atoms with Gasteiger partial charge in [0.05, 0.1) is 13.2 Å². The first-order valence-electron chi connectivity index (χ1n) is 29.1. The largest absolute Gasteiger partial charge is 0.468 e. The predicted octanol–water partition coefficient (Wildman–Crippen LogP) is 15.8. The van der Waals surface area contributed by atoms with E-state index in [1.165, 1.54) is 135 Å². The summed E-state index contributed by atoms with van der Waals surface area (Å²) in [6.45, 7) is 13.9. The smallest absolute Gasteiger partial charge is 0.306 e. The van der Waals surface area contributed by atoms with Crippen LogP contribution in [-0.4, -0.2) is 87.9 Å². The van der Waals surface area contributed by atoms with Crippen LogP contribution < -0.4 is 0 Å². The highest BCUT2D eigenvalue weighted by molar-refractivity contribution is 5.69. The van der Waals surface area contributed by atoms with Crippen molar-refractivity contribution in [3.8, 4) is 0 Å². The van der Waals surface area contributed by atoms with Gasteiger partial charge in [0.25, 0.3) is 6.47 Å². The third-order valence-electron chi connectivity index (χ3n) is 13.2. The number of benzene rings is 1. The first-order chi connectivity index (χ1) is 34.3. The Morgan fingerprint density at radius 2 is 1.11 bits per heavy atom. The molecule has 10 heteroatoms. The van der Waals surface area contributed by atoms with Crippen molar-refractivity contribution in [1.82, 2.24) is 4.90 Å². The van der Waals surface area contributed by atoms with Crippen LogP contribution in [0, 0.1) is 0 Å². The number of carbonyl (C=O) groups excluding carboxylic acids is 4. The van der Waals surface area contributed by atoms with E-state index in [0.29, 0.717) is 58.0 Å². The van der Waals surface area contributed by atoms with Gasteiger partial charge in [-0.05, 0) is 83.2 Å². The maximum atomic E-state index is 12.3. The van der Waals surface area contributed by atoms with Crippen molar-refractivity contribution in [2.45, 2.75) is 284 Å². The van der Waals surface area contributed by atoms with E-state index in [1.54, 1.807) is 7.11 Å². The minimum atomic E-state index is -0.122. The monoisotopic (exact) mass is 988 g/mol. The second kappa shape index (κ2) is 54.0. The molecule has 1 aliphatic heterocycles. The van der Waals surface area contributed by atoms with Crippen LogP contribution in [0.2, 0.25) is 0 Å². The van der Waals surface area contributed by atoms with E-state index < -0.39 is 0 Å².